The monoisotopic (exact) mass is 484 g/mol. The highest BCUT2D eigenvalue weighted by Gasteiger charge is 2.72. The number of ether oxygens (including phenoxy) is 1. The van der Waals surface area contributed by atoms with Crippen molar-refractivity contribution in [2.45, 2.75) is 134 Å². The van der Waals surface area contributed by atoms with Gasteiger partial charge in [-0.3, -0.25) is 4.79 Å². The summed E-state index contributed by atoms with van der Waals surface area (Å²) in [5, 5.41) is 11.3. The Hall–Kier alpha value is -0.0562. The smallest absolute Gasteiger partial charge is 0.227 e. The standard InChI is InChI=1S/C25H48O5Si2/c1-21(2,3)31(8,9)28-17-18-12-13-20(29-32(10,11)22(4,5)6)23(7)14-15-25(27)19(26)16-24(18,23)30-25/h18,20,27H,12-17H2,1-11H3/t18-,20-,23-,24+,25-/m1/s1. The van der Waals surface area contributed by atoms with Crippen LogP contribution in [-0.4, -0.2) is 51.6 Å². The van der Waals surface area contributed by atoms with E-state index in [2.05, 4.69) is 74.7 Å². The fourth-order valence-electron chi connectivity index (χ4n) is 5.42. The van der Waals surface area contributed by atoms with E-state index in [1.807, 2.05) is 0 Å². The first-order valence-corrected chi connectivity index (χ1v) is 18.3. The molecule has 2 heterocycles. The maximum Gasteiger partial charge on any atom is 0.227 e. The van der Waals surface area contributed by atoms with Crippen LogP contribution in [0.2, 0.25) is 36.3 Å². The number of ketones is 1. The van der Waals surface area contributed by atoms with Gasteiger partial charge in [0.05, 0.1) is 11.7 Å². The van der Waals surface area contributed by atoms with Crippen molar-refractivity contribution in [2.24, 2.45) is 11.3 Å². The Balaban J connectivity index is 1.95. The molecule has 3 fully saturated rings. The molecule has 2 saturated heterocycles. The molecule has 0 aromatic carbocycles. The number of fused-ring (bicyclic) bond motifs is 1. The SMILES string of the molecule is CC(C)(C)[Si](C)(C)OC[C@H]1CC[C@@H](O[Si](C)(C)C(C)(C)C)[C@@]2(C)CC[C@@]3(O)O[C@@]12CC3=O. The van der Waals surface area contributed by atoms with Gasteiger partial charge in [-0.25, -0.2) is 0 Å². The van der Waals surface area contributed by atoms with Crippen molar-refractivity contribution in [1.29, 1.82) is 0 Å². The number of Topliss-reactive ketones (excluding diaryl/α,β-unsaturated/α-hetero) is 1. The van der Waals surface area contributed by atoms with Crippen LogP contribution in [0.4, 0.5) is 0 Å². The minimum Gasteiger partial charge on any atom is -0.416 e. The maximum atomic E-state index is 13.0. The van der Waals surface area contributed by atoms with E-state index in [0.29, 0.717) is 13.0 Å². The van der Waals surface area contributed by atoms with Gasteiger partial charge >= 0.3 is 0 Å². The highest BCUT2D eigenvalue weighted by atomic mass is 28.4. The first-order valence-electron chi connectivity index (χ1n) is 12.5. The van der Waals surface area contributed by atoms with Crippen molar-refractivity contribution in [1.82, 2.24) is 0 Å². The molecule has 0 aromatic heterocycles. The van der Waals surface area contributed by atoms with Gasteiger partial charge in [0.1, 0.15) is 0 Å². The van der Waals surface area contributed by atoms with E-state index in [0.717, 1.165) is 19.3 Å². The minimum absolute atomic E-state index is 0.0305. The topological polar surface area (TPSA) is 65.0 Å². The molecule has 5 atom stereocenters. The van der Waals surface area contributed by atoms with Crippen molar-refractivity contribution in [3.63, 3.8) is 0 Å². The van der Waals surface area contributed by atoms with Crippen molar-refractivity contribution < 1.29 is 23.5 Å². The van der Waals surface area contributed by atoms with Gasteiger partial charge in [0.25, 0.3) is 0 Å². The van der Waals surface area contributed by atoms with Crippen LogP contribution in [0, 0.1) is 11.3 Å². The van der Waals surface area contributed by atoms with E-state index < -0.39 is 28.0 Å². The number of carbonyl (C=O) groups excluding carboxylic acids is 1. The molecular formula is C25H48O5Si2. The van der Waals surface area contributed by atoms with Crippen molar-refractivity contribution in [3.8, 4) is 0 Å². The Kier molecular flexibility index (Phi) is 6.41. The third kappa shape index (κ3) is 4.03. The molecule has 1 aliphatic carbocycles. The van der Waals surface area contributed by atoms with Gasteiger partial charge in [-0.05, 0) is 55.5 Å². The van der Waals surface area contributed by atoms with Crippen LogP contribution in [0.25, 0.3) is 0 Å². The molecule has 186 valence electrons. The summed E-state index contributed by atoms with van der Waals surface area (Å²) in [6.45, 7) is 25.5. The zero-order chi connectivity index (χ0) is 24.6. The third-order valence-corrected chi connectivity index (χ3v) is 19.0. The molecule has 32 heavy (non-hydrogen) atoms. The number of carbonyl (C=O) groups is 1. The Labute approximate surface area is 198 Å². The molecule has 3 aliphatic rings. The average Bonchev–Trinajstić information content (AvgIpc) is 2.83. The van der Waals surface area contributed by atoms with Crippen molar-refractivity contribution in [3.05, 3.63) is 0 Å². The number of rotatable bonds is 5. The molecule has 1 saturated carbocycles. The van der Waals surface area contributed by atoms with Crippen molar-refractivity contribution in [2.75, 3.05) is 6.61 Å². The molecule has 0 amide bonds. The Bertz CT molecular complexity index is 752. The van der Waals surface area contributed by atoms with Gasteiger partial charge in [-0.1, -0.05) is 48.5 Å². The number of aliphatic hydroxyl groups is 1. The second-order valence-electron chi connectivity index (χ2n) is 14.0. The number of hydrogen-bond donors (Lipinski definition) is 1. The highest BCUT2D eigenvalue weighted by Crippen LogP contribution is 2.64. The molecular weight excluding hydrogens is 436 g/mol. The summed E-state index contributed by atoms with van der Waals surface area (Å²) < 4.78 is 20.1. The molecule has 0 unspecified atom stereocenters. The zero-order valence-electron chi connectivity index (χ0n) is 22.5. The lowest BCUT2D eigenvalue weighted by Gasteiger charge is -2.61. The summed E-state index contributed by atoms with van der Waals surface area (Å²) in [7, 11) is -3.95. The van der Waals surface area contributed by atoms with Crippen LogP contribution in [-0.2, 0) is 18.4 Å². The van der Waals surface area contributed by atoms with Crippen LogP contribution in [0.5, 0.6) is 0 Å². The lowest BCUT2D eigenvalue weighted by Crippen LogP contribution is -2.67. The summed E-state index contributed by atoms with van der Waals surface area (Å²) in [6.07, 6.45) is 3.24. The Morgan fingerprint density at radius 2 is 1.56 bits per heavy atom. The van der Waals surface area contributed by atoms with Gasteiger partial charge in [-0.2, -0.15) is 0 Å². The molecule has 1 spiro atoms. The quantitative estimate of drug-likeness (QED) is 0.483. The Morgan fingerprint density at radius 1 is 1.00 bits per heavy atom. The molecule has 2 aliphatic heterocycles. The van der Waals surface area contributed by atoms with E-state index in [9.17, 15) is 9.90 Å². The molecule has 0 radical (unpaired) electrons. The lowest BCUT2D eigenvalue weighted by molar-refractivity contribution is -0.320. The van der Waals surface area contributed by atoms with Crippen LogP contribution < -0.4 is 0 Å². The van der Waals surface area contributed by atoms with Gasteiger partial charge in [-0.15, -0.1) is 0 Å². The van der Waals surface area contributed by atoms with Crippen molar-refractivity contribution >= 4 is 22.4 Å². The van der Waals surface area contributed by atoms with E-state index in [4.69, 9.17) is 13.6 Å². The van der Waals surface area contributed by atoms with E-state index in [-0.39, 0.29) is 39.7 Å². The third-order valence-electron chi connectivity index (χ3n) is 10.0. The molecule has 0 aromatic rings. The first kappa shape index (κ1) is 26.5. The lowest BCUT2D eigenvalue weighted by atomic mass is 9.55. The Morgan fingerprint density at radius 3 is 2.09 bits per heavy atom. The average molecular weight is 485 g/mol. The fourth-order valence-corrected chi connectivity index (χ4v) is 7.91. The minimum atomic E-state index is -2.01. The van der Waals surface area contributed by atoms with Crippen LogP contribution in [0.1, 0.15) is 80.6 Å². The van der Waals surface area contributed by atoms with Gasteiger partial charge in [0, 0.05) is 30.8 Å². The van der Waals surface area contributed by atoms with Gasteiger partial charge in [0.2, 0.25) is 5.79 Å². The van der Waals surface area contributed by atoms with Gasteiger partial charge < -0.3 is 18.7 Å². The molecule has 1 N–H and O–H groups in total. The summed E-state index contributed by atoms with van der Waals surface area (Å²) in [5.41, 5.74) is -1.04. The summed E-state index contributed by atoms with van der Waals surface area (Å²) in [6, 6.07) is 0. The largest absolute Gasteiger partial charge is 0.416 e. The number of hydrogen-bond acceptors (Lipinski definition) is 5. The maximum absolute atomic E-state index is 13.0. The van der Waals surface area contributed by atoms with E-state index in [1.165, 1.54) is 0 Å². The van der Waals surface area contributed by atoms with E-state index >= 15 is 0 Å². The normalized spacial score (nSPS) is 38.7. The second kappa shape index (κ2) is 7.72. The summed E-state index contributed by atoms with van der Waals surface area (Å²) >= 11 is 0. The van der Waals surface area contributed by atoms with Crippen LogP contribution >= 0.6 is 0 Å². The van der Waals surface area contributed by atoms with Crippen LogP contribution in [0.15, 0.2) is 0 Å². The molecule has 3 rings (SSSR count). The van der Waals surface area contributed by atoms with Gasteiger partial charge in [0.15, 0.2) is 22.4 Å². The summed E-state index contributed by atoms with van der Waals surface area (Å²) in [4.78, 5) is 13.0. The molecule has 7 heteroatoms. The van der Waals surface area contributed by atoms with Crippen LogP contribution in [0.3, 0.4) is 0 Å². The predicted octanol–water partition coefficient (Wildman–Crippen LogP) is 6.03. The summed E-state index contributed by atoms with van der Waals surface area (Å²) in [5.74, 6) is -1.71. The second-order valence-corrected chi connectivity index (χ2v) is 23.6. The predicted molar refractivity (Wildman–Crippen MR) is 134 cm³/mol. The fraction of sp³-hybridized carbons (Fsp3) is 0.960. The van der Waals surface area contributed by atoms with E-state index in [1.54, 1.807) is 0 Å². The zero-order valence-corrected chi connectivity index (χ0v) is 24.5. The molecule has 5 nitrogen and oxygen atoms in total. The molecule has 2 bridgehead atoms. The highest BCUT2D eigenvalue weighted by molar-refractivity contribution is 6.74. The first-order chi connectivity index (χ1) is 14.2.